The van der Waals surface area contributed by atoms with Gasteiger partial charge in [0.05, 0.1) is 6.54 Å². The number of aliphatic imine (C=N–C) groups is 1. The van der Waals surface area contributed by atoms with Gasteiger partial charge in [-0.1, -0.05) is 18.2 Å². The van der Waals surface area contributed by atoms with Gasteiger partial charge in [0.15, 0.2) is 5.96 Å². The van der Waals surface area contributed by atoms with Crippen LogP contribution in [-0.2, 0) is 0 Å². The minimum Gasteiger partial charge on any atom is -0.489 e. The zero-order chi connectivity index (χ0) is 14.6. The van der Waals surface area contributed by atoms with Crippen molar-refractivity contribution >= 4 is 17.7 Å². The molecule has 0 aliphatic carbocycles. The summed E-state index contributed by atoms with van der Waals surface area (Å²) < 4.78 is 5.80. The van der Waals surface area contributed by atoms with E-state index in [1.807, 2.05) is 49.0 Å². The summed E-state index contributed by atoms with van der Waals surface area (Å²) in [4.78, 5) is 4.54. The molecule has 20 heavy (non-hydrogen) atoms. The highest BCUT2D eigenvalue weighted by molar-refractivity contribution is 7.98. The highest BCUT2D eigenvalue weighted by Gasteiger charge is 2.04. The van der Waals surface area contributed by atoms with Crippen molar-refractivity contribution in [3.8, 4) is 5.75 Å². The molecule has 4 nitrogen and oxygen atoms in total. The van der Waals surface area contributed by atoms with Crippen molar-refractivity contribution in [2.24, 2.45) is 4.99 Å². The number of para-hydroxylation sites is 1. The molecular formula is C15H25N3OS. The van der Waals surface area contributed by atoms with E-state index in [4.69, 9.17) is 4.74 Å². The summed E-state index contributed by atoms with van der Waals surface area (Å²) >= 11 is 1.82. The van der Waals surface area contributed by atoms with Gasteiger partial charge in [-0.2, -0.15) is 11.8 Å². The Labute approximate surface area is 126 Å². The summed E-state index contributed by atoms with van der Waals surface area (Å²) in [6.45, 7) is 6.50. The van der Waals surface area contributed by atoms with E-state index in [0.717, 1.165) is 30.6 Å². The van der Waals surface area contributed by atoms with E-state index in [-0.39, 0.29) is 6.10 Å². The van der Waals surface area contributed by atoms with Crippen molar-refractivity contribution in [3.05, 3.63) is 30.3 Å². The standard InChI is InChI=1S/C15H25N3OS/c1-4-16-15(17-10-11-20-3)18-12-13(2)19-14-8-6-5-7-9-14/h5-9,13H,4,10-12H2,1-3H3,(H2,16,17,18). The fourth-order valence-electron chi connectivity index (χ4n) is 1.60. The number of nitrogens with zero attached hydrogens (tertiary/aromatic N) is 1. The van der Waals surface area contributed by atoms with Gasteiger partial charge in [-0.05, 0) is 32.2 Å². The lowest BCUT2D eigenvalue weighted by molar-refractivity contribution is 0.230. The minimum atomic E-state index is 0.0495. The molecule has 0 saturated heterocycles. The first-order valence-electron chi connectivity index (χ1n) is 6.99. The molecule has 112 valence electrons. The van der Waals surface area contributed by atoms with Crippen LogP contribution in [0.1, 0.15) is 13.8 Å². The highest BCUT2D eigenvalue weighted by Crippen LogP contribution is 2.10. The van der Waals surface area contributed by atoms with Gasteiger partial charge >= 0.3 is 0 Å². The SMILES string of the molecule is CCNC(=NCC(C)Oc1ccccc1)NCCSC. The van der Waals surface area contributed by atoms with E-state index in [9.17, 15) is 0 Å². The summed E-state index contributed by atoms with van der Waals surface area (Å²) in [6, 6.07) is 9.84. The maximum Gasteiger partial charge on any atom is 0.191 e. The number of thioether (sulfide) groups is 1. The number of ether oxygens (including phenoxy) is 1. The van der Waals surface area contributed by atoms with Crippen LogP contribution in [0, 0.1) is 0 Å². The molecule has 1 aromatic rings. The van der Waals surface area contributed by atoms with Crippen LogP contribution in [0.15, 0.2) is 35.3 Å². The number of nitrogens with one attached hydrogen (secondary N) is 2. The molecule has 1 aromatic carbocycles. The molecule has 5 heteroatoms. The molecule has 0 aliphatic rings. The van der Waals surface area contributed by atoms with Crippen LogP contribution >= 0.6 is 11.8 Å². The monoisotopic (exact) mass is 295 g/mol. The van der Waals surface area contributed by atoms with Gasteiger partial charge in [-0.25, -0.2) is 4.99 Å². The van der Waals surface area contributed by atoms with Crippen molar-refractivity contribution in [1.82, 2.24) is 10.6 Å². The summed E-state index contributed by atoms with van der Waals surface area (Å²) in [5.41, 5.74) is 0. The largest absolute Gasteiger partial charge is 0.489 e. The smallest absolute Gasteiger partial charge is 0.191 e. The van der Waals surface area contributed by atoms with E-state index < -0.39 is 0 Å². The lowest BCUT2D eigenvalue weighted by Crippen LogP contribution is -2.39. The quantitative estimate of drug-likeness (QED) is 0.439. The maximum atomic E-state index is 5.80. The van der Waals surface area contributed by atoms with Gasteiger partial charge in [0, 0.05) is 18.8 Å². The van der Waals surface area contributed by atoms with Crippen molar-refractivity contribution in [3.63, 3.8) is 0 Å². The Balaban J connectivity index is 2.40. The third-order valence-electron chi connectivity index (χ3n) is 2.53. The maximum absolute atomic E-state index is 5.80. The average molecular weight is 295 g/mol. The van der Waals surface area contributed by atoms with E-state index in [1.165, 1.54) is 0 Å². The number of hydrogen-bond acceptors (Lipinski definition) is 3. The summed E-state index contributed by atoms with van der Waals surface area (Å²) in [7, 11) is 0. The Morgan fingerprint density at radius 2 is 2.05 bits per heavy atom. The predicted molar refractivity (Wildman–Crippen MR) is 88.9 cm³/mol. The first-order valence-corrected chi connectivity index (χ1v) is 8.38. The Hall–Kier alpha value is -1.36. The molecule has 0 aliphatic heterocycles. The molecule has 0 bridgehead atoms. The topological polar surface area (TPSA) is 45.7 Å². The lowest BCUT2D eigenvalue weighted by Gasteiger charge is -2.15. The number of guanidine groups is 1. The lowest BCUT2D eigenvalue weighted by atomic mass is 10.3. The van der Waals surface area contributed by atoms with Gasteiger partial charge in [-0.15, -0.1) is 0 Å². The van der Waals surface area contributed by atoms with Crippen LogP contribution in [0.3, 0.4) is 0 Å². The second-order valence-corrected chi connectivity index (χ2v) is 5.37. The Morgan fingerprint density at radius 1 is 1.30 bits per heavy atom. The third kappa shape index (κ3) is 7.28. The number of benzene rings is 1. The van der Waals surface area contributed by atoms with Gasteiger partial charge in [0.2, 0.25) is 0 Å². The van der Waals surface area contributed by atoms with Crippen molar-refractivity contribution in [1.29, 1.82) is 0 Å². The zero-order valence-corrected chi connectivity index (χ0v) is 13.4. The Bertz CT molecular complexity index is 384. The average Bonchev–Trinajstić information content (AvgIpc) is 2.46. The van der Waals surface area contributed by atoms with Crippen LogP contribution in [0.2, 0.25) is 0 Å². The molecular weight excluding hydrogens is 270 g/mol. The molecule has 0 amide bonds. The number of hydrogen-bond donors (Lipinski definition) is 2. The molecule has 2 N–H and O–H groups in total. The van der Waals surface area contributed by atoms with Gasteiger partial charge < -0.3 is 15.4 Å². The predicted octanol–water partition coefficient (Wildman–Crippen LogP) is 2.37. The summed E-state index contributed by atoms with van der Waals surface area (Å²) in [5, 5.41) is 6.54. The molecule has 1 unspecified atom stereocenters. The van der Waals surface area contributed by atoms with Crippen LogP contribution in [-0.4, -0.2) is 43.7 Å². The normalized spacial score (nSPS) is 12.8. The summed E-state index contributed by atoms with van der Waals surface area (Å²) in [5.74, 6) is 2.81. The van der Waals surface area contributed by atoms with Crippen LogP contribution in [0.4, 0.5) is 0 Å². The molecule has 0 spiro atoms. The molecule has 0 heterocycles. The Kier molecular flexibility index (Phi) is 8.71. The molecule has 1 atom stereocenters. The van der Waals surface area contributed by atoms with Crippen molar-refractivity contribution in [2.75, 3.05) is 31.6 Å². The van der Waals surface area contributed by atoms with E-state index in [0.29, 0.717) is 6.54 Å². The first kappa shape index (κ1) is 16.7. The van der Waals surface area contributed by atoms with Crippen molar-refractivity contribution < 1.29 is 4.74 Å². The molecule has 1 rings (SSSR count). The molecule has 0 saturated carbocycles. The van der Waals surface area contributed by atoms with E-state index in [1.54, 1.807) is 0 Å². The Morgan fingerprint density at radius 3 is 2.70 bits per heavy atom. The molecule has 0 radical (unpaired) electrons. The fraction of sp³-hybridized carbons (Fsp3) is 0.533. The van der Waals surface area contributed by atoms with Gasteiger partial charge in [-0.3, -0.25) is 0 Å². The fourth-order valence-corrected chi connectivity index (χ4v) is 1.91. The summed E-state index contributed by atoms with van der Waals surface area (Å²) in [6.07, 6.45) is 2.15. The van der Waals surface area contributed by atoms with Crippen LogP contribution in [0.5, 0.6) is 5.75 Å². The zero-order valence-electron chi connectivity index (χ0n) is 12.6. The number of rotatable bonds is 8. The molecule has 0 aromatic heterocycles. The highest BCUT2D eigenvalue weighted by atomic mass is 32.2. The first-order chi connectivity index (χ1) is 9.76. The third-order valence-corrected chi connectivity index (χ3v) is 3.14. The molecule has 0 fully saturated rings. The van der Waals surface area contributed by atoms with E-state index >= 15 is 0 Å². The second-order valence-electron chi connectivity index (χ2n) is 4.38. The van der Waals surface area contributed by atoms with E-state index in [2.05, 4.69) is 28.8 Å². The minimum absolute atomic E-state index is 0.0495. The van der Waals surface area contributed by atoms with Crippen molar-refractivity contribution in [2.45, 2.75) is 20.0 Å². The van der Waals surface area contributed by atoms with Crippen LogP contribution < -0.4 is 15.4 Å². The van der Waals surface area contributed by atoms with Gasteiger partial charge in [0.25, 0.3) is 0 Å². The van der Waals surface area contributed by atoms with Gasteiger partial charge in [0.1, 0.15) is 11.9 Å². The van der Waals surface area contributed by atoms with Crippen LogP contribution in [0.25, 0.3) is 0 Å². The second kappa shape index (κ2) is 10.4.